The molecule has 2 aliphatic heterocycles. The van der Waals surface area contributed by atoms with Crippen LogP contribution in [-0.2, 0) is 22.3 Å². The summed E-state index contributed by atoms with van der Waals surface area (Å²) in [4.78, 5) is 4.73. The van der Waals surface area contributed by atoms with Crippen molar-refractivity contribution in [3.8, 4) is 22.5 Å². The van der Waals surface area contributed by atoms with E-state index in [0.717, 1.165) is 112 Å². The summed E-state index contributed by atoms with van der Waals surface area (Å²) in [5.41, 5.74) is 5.50. The van der Waals surface area contributed by atoms with E-state index in [9.17, 15) is 8.78 Å². The van der Waals surface area contributed by atoms with E-state index in [2.05, 4.69) is 20.1 Å². The van der Waals surface area contributed by atoms with Gasteiger partial charge in [-0.15, -0.1) is 24.8 Å². The molecule has 2 aromatic heterocycles. The van der Waals surface area contributed by atoms with Crippen molar-refractivity contribution in [3.05, 3.63) is 83.8 Å². The molecule has 6 rings (SSSR count). The normalized spacial score (nSPS) is 15.3. The Hall–Kier alpha value is -2.90. The Labute approximate surface area is 262 Å². The van der Waals surface area contributed by atoms with Crippen LogP contribution in [0.15, 0.2) is 70.1 Å². The molecule has 2 fully saturated rings. The number of morpholine rings is 2. The van der Waals surface area contributed by atoms with Crippen LogP contribution >= 0.6 is 24.8 Å². The molecule has 43 heavy (non-hydrogen) atoms. The quantitative estimate of drug-likeness (QED) is 0.271. The lowest BCUT2D eigenvalue weighted by atomic mass is 10.1. The fourth-order valence-electron chi connectivity index (χ4n) is 4.77. The lowest BCUT2D eigenvalue weighted by molar-refractivity contribution is 0.0384. The minimum absolute atomic E-state index is 0. The maximum atomic E-state index is 13.0. The third-order valence-electron chi connectivity index (χ3n) is 7.12. The summed E-state index contributed by atoms with van der Waals surface area (Å²) in [6.45, 7) is 8.99. The average molecular weight is 644 g/mol. The minimum atomic E-state index is -0.243. The standard InChI is InChI=1S/2C15H17FN2O2.2ClH.H2O/c2*16-14-3-1-12(2-4-14)15-13(11-20-17-15)5-6-18-7-9-19-10-8-18;;;/h2*1-4,11H,5-10H2;2*1H;1H2. The first-order valence-corrected chi connectivity index (χ1v) is 13.6. The monoisotopic (exact) mass is 642 g/mol. The third-order valence-corrected chi connectivity index (χ3v) is 7.12. The number of nitrogens with zero attached hydrogens (tertiary/aromatic N) is 4. The second-order valence-corrected chi connectivity index (χ2v) is 9.80. The zero-order valence-electron chi connectivity index (χ0n) is 23.8. The number of aromatic nitrogens is 2. The van der Waals surface area contributed by atoms with Crippen LogP contribution < -0.4 is 0 Å². The van der Waals surface area contributed by atoms with Crippen molar-refractivity contribution in [2.75, 3.05) is 65.7 Å². The van der Waals surface area contributed by atoms with Crippen molar-refractivity contribution < 1.29 is 32.8 Å². The Morgan fingerprint density at radius 2 is 0.930 bits per heavy atom. The first kappa shape index (κ1) is 36.3. The summed E-state index contributed by atoms with van der Waals surface area (Å²) in [6, 6.07) is 12.7. The third kappa shape index (κ3) is 10.6. The number of hydrogen-bond donors (Lipinski definition) is 0. The summed E-state index contributed by atoms with van der Waals surface area (Å²) in [6.07, 6.45) is 5.10. The maximum Gasteiger partial charge on any atom is 0.127 e. The highest BCUT2D eigenvalue weighted by atomic mass is 35.5. The molecule has 2 aromatic carbocycles. The van der Waals surface area contributed by atoms with Gasteiger partial charge in [0, 0.05) is 61.5 Å². The lowest BCUT2D eigenvalue weighted by Gasteiger charge is -2.26. The van der Waals surface area contributed by atoms with Crippen LogP contribution in [0.5, 0.6) is 0 Å². The van der Waals surface area contributed by atoms with Crippen LogP contribution in [-0.4, -0.2) is 91.3 Å². The van der Waals surface area contributed by atoms with E-state index in [1.54, 1.807) is 36.8 Å². The Morgan fingerprint density at radius 3 is 1.28 bits per heavy atom. The fourth-order valence-corrected chi connectivity index (χ4v) is 4.77. The molecular weight excluding hydrogens is 605 g/mol. The van der Waals surface area contributed by atoms with Gasteiger partial charge >= 0.3 is 0 Å². The number of halogens is 4. The Kier molecular flexibility index (Phi) is 15.8. The van der Waals surface area contributed by atoms with Crippen LogP contribution in [0.1, 0.15) is 11.1 Å². The second-order valence-electron chi connectivity index (χ2n) is 9.80. The van der Waals surface area contributed by atoms with Crippen LogP contribution in [0, 0.1) is 11.6 Å². The summed E-state index contributed by atoms with van der Waals surface area (Å²) >= 11 is 0. The maximum absolute atomic E-state index is 13.0. The Morgan fingerprint density at radius 1 is 0.581 bits per heavy atom. The molecule has 0 unspecified atom stereocenters. The first-order valence-electron chi connectivity index (χ1n) is 13.6. The van der Waals surface area contributed by atoms with E-state index in [4.69, 9.17) is 18.5 Å². The molecule has 2 aliphatic rings. The van der Waals surface area contributed by atoms with E-state index in [1.165, 1.54) is 24.3 Å². The molecule has 9 nitrogen and oxygen atoms in total. The van der Waals surface area contributed by atoms with E-state index in [-0.39, 0.29) is 41.9 Å². The zero-order chi connectivity index (χ0) is 27.6. The number of benzene rings is 2. The Balaban J connectivity index is 0.000000281. The summed E-state index contributed by atoms with van der Waals surface area (Å²) in [5.74, 6) is -0.487. The summed E-state index contributed by atoms with van der Waals surface area (Å²) in [5, 5.41) is 8.08. The SMILES string of the molecule is Cl.Cl.Fc1ccc(-c2nocc2CCN2CCOCC2)cc1.Fc1ccc(-c2nocc2CCN2CCOCC2)cc1.O. The molecule has 0 amide bonds. The van der Waals surface area contributed by atoms with Crippen LogP contribution in [0.4, 0.5) is 8.78 Å². The lowest BCUT2D eigenvalue weighted by Crippen LogP contribution is -2.37. The van der Waals surface area contributed by atoms with Crippen molar-refractivity contribution in [2.24, 2.45) is 0 Å². The van der Waals surface area contributed by atoms with Crippen molar-refractivity contribution in [3.63, 3.8) is 0 Å². The van der Waals surface area contributed by atoms with E-state index >= 15 is 0 Å². The van der Waals surface area contributed by atoms with Gasteiger partial charge in [-0.2, -0.15) is 0 Å². The van der Waals surface area contributed by atoms with Gasteiger partial charge in [0.1, 0.15) is 35.5 Å². The minimum Gasteiger partial charge on any atom is -0.412 e. The van der Waals surface area contributed by atoms with Crippen LogP contribution in [0.2, 0.25) is 0 Å². The van der Waals surface area contributed by atoms with Gasteiger partial charge in [-0.05, 0) is 61.4 Å². The molecule has 236 valence electrons. The molecule has 0 saturated carbocycles. The zero-order valence-corrected chi connectivity index (χ0v) is 25.4. The smallest absolute Gasteiger partial charge is 0.127 e. The summed E-state index contributed by atoms with van der Waals surface area (Å²) < 4.78 is 46.7. The van der Waals surface area contributed by atoms with Crippen molar-refractivity contribution in [1.29, 1.82) is 0 Å². The molecule has 4 heterocycles. The van der Waals surface area contributed by atoms with Gasteiger partial charge in [0.15, 0.2) is 0 Å². The van der Waals surface area contributed by atoms with Gasteiger partial charge < -0.3 is 24.0 Å². The van der Waals surface area contributed by atoms with Gasteiger partial charge in [-0.3, -0.25) is 9.80 Å². The first-order chi connectivity index (χ1) is 19.7. The highest BCUT2D eigenvalue weighted by Gasteiger charge is 2.16. The average Bonchev–Trinajstić information content (AvgIpc) is 3.67. The number of hydrogen-bond acceptors (Lipinski definition) is 8. The molecule has 2 N–H and O–H groups in total. The number of rotatable bonds is 8. The summed E-state index contributed by atoms with van der Waals surface area (Å²) in [7, 11) is 0. The molecule has 4 aromatic rings. The van der Waals surface area contributed by atoms with E-state index in [1.807, 2.05) is 0 Å². The van der Waals surface area contributed by atoms with Crippen LogP contribution in [0.3, 0.4) is 0 Å². The fraction of sp³-hybridized carbons (Fsp3) is 0.400. The molecule has 0 atom stereocenters. The van der Waals surface area contributed by atoms with Crippen molar-refractivity contribution >= 4 is 24.8 Å². The van der Waals surface area contributed by atoms with Crippen LogP contribution in [0.25, 0.3) is 22.5 Å². The van der Waals surface area contributed by atoms with Gasteiger partial charge in [0.05, 0.1) is 26.4 Å². The second kappa shape index (κ2) is 18.7. The van der Waals surface area contributed by atoms with E-state index in [0.29, 0.717) is 0 Å². The highest BCUT2D eigenvalue weighted by Crippen LogP contribution is 2.24. The molecule has 0 radical (unpaired) electrons. The highest BCUT2D eigenvalue weighted by molar-refractivity contribution is 5.85. The largest absolute Gasteiger partial charge is 0.412 e. The predicted molar refractivity (Wildman–Crippen MR) is 164 cm³/mol. The predicted octanol–water partition coefficient (Wildman–Crippen LogP) is 4.73. The molecule has 0 aliphatic carbocycles. The van der Waals surface area contributed by atoms with Crippen molar-refractivity contribution in [2.45, 2.75) is 12.8 Å². The van der Waals surface area contributed by atoms with Gasteiger partial charge in [-0.1, -0.05) is 10.3 Å². The van der Waals surface area contributed by atoms with Gasteiger partial charge in [-0.25, -0.2) is 8.78 Å². The molecule has 2 saturated heterocycles. The molecular formula is C30H38Cl2F2N4O5. The van der Waals surface area contributed by atoms with E-state index < -0.39 is 0 Å². The van der Waals surface area contributed by atoms with Crippen molar-refractivity contribution in [1.82, 2.24) is 20.1 Å². The number of ether oxygens (including phenoxy) is 2. The van der Waals surface area contributed by atoms with Gasteiger partial charge in [0.25, 0.3) is 0 Å². The molecule has 0 spiro atoms. The Bertz CT molecular complexity index is 1210. The topological polar surface area (TPSA) is 108 Å². The molecule has 0 bridgehead atoms. The van der Waals surface area contributed by atoms with Gasteiger partial charge in [0.2, 0.25) is 0 Å². The molecule has 13 heteroatoms.